The second-order valence-electron chi connectivity index (χ2n) is 13.7. The van der Waals surface area contributed by atoms with Crippen LogP contribution in [0.25, 0.3) is 71.6 Å². The van der Waals surface area contributed by atoms with E-state index in [0.717, 1.165) is 28.3 Å². The third-order valence-corrected chi connectivity index (χ3v) is 10.6. The number of nitrogens with zero attached hydrogens (tertiary/aromatic N) is 2. The van der Waals surface area contributed by atoms with Crippen molar-refractivity contribution in [3.63, 3.8) is 0 Å². The Hall–Kier alpha value is -7.16. The van der Waals surface area contributed by atoms with Crippen LogP contribution in [-0.2, 0) is 0 Å². The van der Waals surface area contributed by atoms with Gasteiger partial charge in [-0.15, -0.1) is 0 Å². The van der Waals surface area contributed by atoms with E-state index >= 15 is 0 Å². The molecule has 0 aliphatic carbocycles. The van der Waals surface area contributed by atoms with E-state index < -0.39 is 0 Å². The number of benzene rings is 9. The van der Waals surface area contributed by atoms with Crippen LogP contribution in [0.4, 0.5) is 17.1 Å². The summed E-state index contributed by atoms with van der Waals surface area (Å²) in [4.78, 5) is 2.45. The molecule has 1 heterocycles. The molecular weight excluding hydrogens is 653 g/mol. The lowest BCUT2D eigenvalue weighted by Gasteiger charge is -2.29. The van der Waals surface area contributed by atoms with Crippen molar-refractivity contribution in [1.82, 2.24) is 4.57 Å². The summed E-state index contributed by atoms with van der Waals surface area (Å²) in [7, 11) is 0. The van der Waals surface area contributed by atoms with Gasteiger partial charge in [-0.05, 0) is 75.5 Å². The quantitative estimate of drug-likeness (QED) is 0.162. The lowest BCUT2D eigenvalue weighted by Crippen LogP contribution is -2.11. The van der Waals surface area contributed by atoms with Crippen molar-refractivity contribution in [3.8, 4) is 39.1 Å². The van der Waals surface area contributed by atoms with Crippen LogP contribution >= 0.6 is 0 Å². The minimum Gasteiger partial charge on any atom is -0.309 e. The highest BCUT2D eigenvalue weighted by Crippen LogP contribution is 2.47. The van der Waals surface area contributed by atoms with Gasteiger partial charge in [-0.3, -0.25) is 0 Å². The van der Waals surface area contributed by atoms with E-state index in [4.69, 9.17) is 0 Å². The van der Waals surface area contributed by atoms with Gasteiger partial charge in [-0.2, -0.15) is 0 Å². The third-order valence-electron chi connectivity index (χ3n) is 10.6. The maximum Gasteiger partial charge on any atom is 0.0562 e. The number of para-hydroxylation sites is 4. The van der Waals surface area contributed by atoms with Crippen LogP contribution in [-0.4, -0.2) is 4.57 Å². The highest BCUT2D eigenvalue weighted by Gasteiger charge is 2.24. The molecule has 0 N–H and O–H groups in total. The highest BCUT2D eigenvalue weighted by atomic mass is 15.2. The zero-order chi connectivity index (χ0) is 35.8. The van der Waals surface area contributed by atoms with E-state index in [1.807, 2.05) is 0 Å². The number of aromatic nitrogens is 1. The Morgan fingerprint density at radius 3 is 1.69 bits per heavy atom. The van der Waals surface area contributed by atoms with E-state index in [0.29, 0.717) is 0 Å². The zero-order valence-electron chi connectivity index (χ0n) is 29.7. The van der Waals surface area contributed by atoms with Gasteiger partial charge in [0.05, 0.1) is 28.1 Å². The first-order valence-electron chi connectivity index (χ1n) is 18.5. The van der Waals surface area contributed by atoms with Crippen molar-refractivity contribution in [2.24, 2.45) is 0 Å². The smallest absolute Gasteiger partial charge is 0.0562 e. The fourth-order valence-electron chi connectivity index (χ4n) is 8.17. The SMILES string of the molecule is c1ccc(-c2ccc(-c3ccccc3-n3c4ccccc4c4c(N(c5ccccc5)c5ccccc5-c5cccc6ccccc56)cccc43)cc2)cc1. The van der Waals surface area contributed by atoms with Gasteiger partial charge in [-0.25, -0.2) is 0 Å². The largest absolute Gasteiger partial charge is 0.309 e. The molecule has 0 atom stereocenters. The van der Waals surface area contributed by atoms with E-state index in [2.05, 4.69) is 228 Å². The molecule has 0 unspecified atom stereocenters. The standard InChI is InChI=1S/C52H36N2/c1-3-17-37(18-4-1)38-33-35-40(36-34-38)43-24-9-12-28-47(43)54-49-30-14-11-26-46(49)52-50(31-16-32-51(52)54)53(41-21-5-2-6-22-41)48-29-13-10-25-45(48)44-27-15-20-39-19-7-8-23-42(39)44/h1-36H. The summed E-state index contributed by atoms with van der Waals surface area (Å²) in [5.41, 5.74) is 14.0. The lowest BCUT2D eigenvalue weighted by atomic mass is 9.96. The summed E-state index contributed by atoms with van der Waals surface area (Å²) < 4.78 is 2.45. The van der Waals surface area contributed by atoms with E-state index in [-0.39, 0.29) is 0 Å². The monoisotopic (exact) mass is 688 g/mol. The Balaban J connectivity index is 1.21. The fraction of sp³-hybridized carbons (Fsp3) is 0. The van der Waals surface area contributed by atoms with Gasteiger partial charge >= 0.3 is 0 Å². The molecule has 2 heteroatoms. The minimum atomic E-state index is 1.11. The molecule has 54 heavy (non-hydrogen) atoms. The van der Waals surface area contributed by atoms with E-state index in [9.17, 15) is 0 Å². The van der Waals surface area contributed by atoms with Crippen LogP contribution < -0.4 is 4.90 Å². The number of fused-ring (bicyclic) bond motifs is 4. The molecule has 0 aliphatic rings. The predicted molar refractivity (Wildman–Crippen MR) is 229 cm³/mol. The number of hydrogen-bond donors (Lipinski definition) is 0. The Morgan fingerprint density at radius 2 is 0.852 bits per heavy atom. The summed E-state index contributed by atoms with van der Waals surface area (Å²) >= 11 is 0. The van der Waals surface area contributed by atoms with Gasteiger partial charge in [-0.1, -0.05) is 176 Å². The van der Waals surface area contributed by atoms with Crippen LogP contribution in [0.2, 0.25) is 0 Å². The van der Waals surface area contributed by atoms with Crippen molar-refractivity contribution >= 4 is 49.6 Å². The van der Waals surface area contributed by atoms with Crippen molar-refractivity contribution in [2.45, 2.75) is 0 Å². The average molecular weight is 689 g/mol. The van der Waals surface area contributed by atoms with Gasteiger partial charge in [0.2, 0.25) is 0 Å². The normalized spacial score (nSPS) is 11.3. The molecule has 0 amide bonds. The molecule has 10 rings (SSSR count). The van der Waals surface area contributed by atoms with Crippen molar-refractivity contribution in [2.75, 3.05) is 4.90 Å². The van der Waals surface area contributed by atoms with Crippen LogP contribution in [0.5, 0.6) is 0 Å². The van der Waals surface area contributed by atoms with Gasteiger partial charge in [0, 0.05) is 27.6 Å². The molecule has 0 radical (unpaired) electrons. The summed E-state index contributed by atoms with van der Waals surface area (Å²) in [5.74, 6) is 0. The molecule has 0 spiro atoms. The van der Waals surface area contributed by atoms with Crippen LogP contribution in [0, 0.1) is 0 Å². The van der Waals surface area contributed by atoms with E-state index in [1.165, 1.54) is 60.4 Å². The maximum atomic E-state index is 2.45. The molecular formula is C52H36N2. The first-order valence-corrected chi connectivity index (χ1v) is 18.5. The number of anilines is 3. The maximum absolute atomic E-state index is 2.45. The highest BCUT2D eigenvalue weighted by molar-refractivity contribution is 6.17. The van der Waals surface area contributed by atoms with Gasteiger partial charge in [0.1, 0.15) is 0 Å². The second-order valence-corrected chi connectivity index (χ2v) is 13.7. The van der Waals surface area contributed by atoms with E-state index in [1.54, 1.807) is 0 Å². The van der Waals surface area contributed by atoms with Crippen molar-refractivity contribution in [3.05, 3.63) is 218 Å². The summed E-state index contributed by atoms with van der Waals surface area (Å²) in [6.07, 6.45) is 0. The molecule has 1 aromatic heterocycles. The number of rotatable bonds is 7. The van der Waals surface area contributed by atoms with Crippen LogP contribution in [0.3, 0.4) is 0 Å². The molecule has 0 saturated heterocycles. The van der Waals surface area contributed by atoms with Crippen LogP contribution in [0.1, 0.15) is 0 Å². The summed E-state index contributed by atoms with van der Waals surface area (Å²) in [6.45, 7) is 0. The fourth-order valence-corrected chi connectivity index (χ4v) is 8.17. The summed E-state index contributed by atoms with van der Waals surface area (Å²) in [6, 6.07) is 78.8. The molecule has 9 aromatic carbocycles. The Labute approximate surface area is 315 Å². The molecule has 0 saturated carbocycles. The topological polar surface area (TPSA) is 8.17 Å². The predicted octanol–water partition coefficient (Wildman–Crippen LogP) is 14.4. The average Bonchev–Trinajstić information content (AvgIpc) is 3.59. The van der Waals surface area contributed by atoms with Crippen molar-refractivity contribution in [1.29, 1.82) is 0 Å². The first kappa shape index (κ1) is 31.6. The van der Waals surface area contributed by atoms with Crippen molar-refractivity contribution < 1.29 is 0 Å². The second kappa shape index (κ2) is 13.4. The van der Waals surface area contributed by atoms with Crippen LogP contribution in [0.15, 0.2) is 218 Å². The third kappa shape index (κ3) is 5.36. The van der Waals surface area contributed by atoms with Gasteiger partial charge < -0.3 is 9.47 Å². The Kier molecular flexibility index (Phi) is 7.85. The van der Waals surface area contributed by atoms with Gasteiger partial charge in [0.25, 0.3) is 0 Å². The molecule has 254 valence electrons. The molecule has 2 nitrogen and oxygen atoms in total. The Morgan fingerprint density at radius 1 is 0.315 bits per heavy atom. The molecule has 0 aliphatic heterocycles. The summed E-state index contributed by atoms with van der Waals surface area (Å²) in [5, 5.41) is 4.89. The molecule has 0 bridgehead atoms. The Bertz CT molecular complexity index is 2920. The van der Waals surface area contributed by atoms with Gasteiger partial charge in [0.15, 0.2) is 0 Å². The molecule has 10 aromatic rings. The zero-order valence-corrected chi connectivity index (χ0v) is 29.7. The number of hydrogen-bond acceptors (Lipinski definition) is 1. The lowest BCUT2D eigenvalue weighted by molar-refractivity contribution is 1.18. The molecule has 0 fully saturated rings. The minimum absolute atomic E-state index is 1.11. The first-order chi connectivity index (χ1) is 26.8.